The second-order valence-corrected chi connectivity index (χ2v) is 6.63. The number of aryl methyl sites for hydroxylation is 1. The Morgan fingerprint density at radius 3 is 2.76 bits per heavy atom. The van der Waals surface area contributed by atoms with E-state index >= 15 is 0 Å². The number of urea groups is 1. The molecule has 0 unspecified atom stereocenters. The van der Waals surface area contributed by atoms with E-state index in [2.05, 4.69) is 15.6 Å². The number of anilines is 1. The summed E-state index contributed by atoms with van der Waals surface area (Å²) in [4.78, 5) is 41.7. The Balaban J connectivity index is 1.54. The third-order valence-corrected chi connectivity index (χ3v) is 4.70. The normalized spacial score (nSPS) is 16.8. The molecule has 25 heavy (non-hydrogen) atoms. The number of hydrogen-bond acceptors (Lipinski definition) is 5. The Morgan fingerprint density at radius 1 is 1.32 bits per heavy atom. The predicted octanol–water partition coefficient (Wildman–Crippen LogP) is 1.94. The van der Waals surface area contributed by atoms with Gasteiger partial charge in [0.15, 0.2) is 5.13 Å². The van der Waals surface area contributed by atoms with Gasteiger partial charge in [0.05, 0.1) is 12.1 Å². The van der Waals surface area contributed by atoms with E-state index in [1.54, 1.807) is 0 Å². The van der Waals surface area contributed by atoms with E-state index in [9.17, 15) is 14.4 Å². The number of amides is 4. The number of imide groups is 1. The maximum absolute atomic E-state index is 12.4. The first-order chi connectivity index (χ1) is 12.0. The summed E-state index contributed by atoms with van der Waals surface area (Å²) in [5.41, 5.74) is 1.86. The van der Waals surface area contributed by atoms with Crippen molar-refractivity contribution in [3.05, 3.63) is 47.0 Å². The fraction of sp³-hybridized carbons (Fsp3) is 0.294. The molecule has 1 aliphatic heterocycles. The van der Waals surface area contributed by atoms with Gasteiger partial charge in [0.25, 0.3) is 5.91 Å². The Labute approximate surface area is 149 Å². The van der Waals surface area contributed by atoms with Crippen LogP contribution < -0.4 is 10.6 Å². The van der Waals surface area contributed by atoms with Crippen molar-refractivity contribution in [2.45, 2.75) is 25.8 Å². The van der Waals surface area contributed by atoms with E-state index in [0.29, 0.717) is 18.1 Å². The van der Waals surface area contributed by atoms with Crippen LogP contribution in [-0.2, 0) is 16.0 Å². The summed E-state index contributed by atoms with van der Waals surface area (Å²) in [6.45, 7) is 2.12. The minimum Gasteiger partial charge on any atom is -0.325 e. The first-order valence-corrected chi connectivity index (χ1v) is 8.78. The van der Waals surface area contributed by atoms with Gasteiger partial charge in [-0.15, -0.1) is 11.3 Å². The molecule has 0 saturated carbocycles. The zero-order chi connectivity index (χ0) is 17.8. The first-order valence-electron chi connectivity index (χ1n) is 7.90. The molecule has 2 aromatic rings. The number of aromatic nitrogens is 1. The van der Waals surface area contributed by atoms with E-state index in [4.69, 9.17) is 0 Å². The zero-order valence-electron chi connectivity index (χ0n) is 13.7. The van der Waals surface area contributed by atoms with Gasteiger partial charge in [-0.05, 0) is 18.9 Å². The highest BCUT2D eigenvalue weighted by atomic mass is 32.1. The molecule has 2 heterocycles. The molecule has 0 aliphatic carbocycles. The second-order valence-electron chi connectivity index (χ2n) is 5.77. The zero-order valence-corrected chi connectivity index (χ0v) is 14.5. The molecule has 1 atom stereocenters. The number of benzene rings is 1. The van der Waals surface area contributed by atoms with Gasteiger partial charge in [0.1, 0.15) is 6.04 Å². The smallest absolute Gasteiger partial charge is 0.324 e. The average Bonchev–Trinajstić information content (AvgIpc) is 3.10. The summed E-state index contributed by atoms with van der Waals surface area (Å²) in [6, 6.07) is 8.34. The Hall–Kier alpha value is -2.74. The van der Waals surface area contributed by atoms with Crippen molar-refractivity contribution in [3.8, 4) is 0 Å². The van der Waals surface area contributed by atoms with Crippen molar-refractivity contribution in [2.24, 2.45) is 0 Å². The minimum absolute atomic E-state index is 0.106. The Morgan fingerprint density at radius 2 is 2.08 bits per heavy atom. The van der Waals surface area contributed by atoms with Crippen molar-refractivity contribution in [1.29, 1.82) is 0 Å². The summed E-state index contributed by atoms with van der Waals surface area (Å²) < 4.78 is 0. The van der Waals surface area contributed by atoms with E-state index in [0.717, 1.165) is 11.3 Å². The SMILES string of the molecule is Cc1csc(NC(=O)C[C@H]2NC(=O)N(CCc3ccccc3)C2=O)n1. The molecule has 1 aromatic heterocycles. The molecule has 1 saturated heterocycles. The van der Waals surface area contributed by atoms with Gasteiger partial charge < -0.3 is 10.6 Å². The molecule has 130 valence electrons. The van der Waals surface area contributed by atoms with Gasteiger partial charge in [-0.3, -0.25) is 14.5 Å². The summed E-state index contributed by atoms with van der Waals surface area (Å²) in [6.07, 6.45) is 0.475. The van der Waals surface area contributed by atoms with Gasteiger partial charge in [0.2, 0.25) is 5.91 Å². The summed E-state index contributed by atoms with van der Waals surface area (Å²) in [5.74, 6) is -0.718. The molecule has 1 aliphatic rings. The highest BCUT2D eigenvalue weighted by Gasteiger charge is 2.38. The lowest BCUT2D eigenvalue weighted by Gasteiger charge is -2.12. The third-order valence-electron chi connectivity index (χ3n) is 3.83. The van der Waals surface area contributed by atoms with Crippen LogP contribution in [0.25, 0.3) is 0 Å². The number of thiazole rings is 1. The topological polar surface area (TPSA) is 91.4 Å². The maximum atomic E-state index is 12.4. The van der Waals surface area contributed by atoms with Gasteiger partial charge in [0, 0.05) is 11.9 Å². The standard InChI is InChI=1S/C17H18N4O3S/c1-11-10-25-16(18-11)20-14(22)9-13-15(23)21(17(24)19-13)8-7-12-5-3-2-4-6-12/h2-6,10,13H,7-9H2,1H3,(H,19,24)(H,18,20,22)/t13-/m1/s1. The summed E-state index contributed by atoms with van der Waals surface area (Å²) in [7, 11) is 0. The van der Waals surface area contributed by atoms with E-state index in [1.807, 2.05) is 42.6 Å². The molecule has 0 spiro atoms. The molecule has 7 nitrogen and oxygen atoms in total. The number of nitrogens with zero attached hydrogens (tertiary/aromatic N) is 2. The fourth-order valence-electron chi connectivity index (χ4n) is 2.58. The molecule has 3 rings (SSSR count). The highest BCUT2D eigenvalue weighted by molar-refractivity contribution is 7.13. The largest absolute Gasteiger partial charge is 0.325 e. The summed E-state index contributed by atoms with van der Waals surface area (Å²) in [5, 5.41) is 7.52. The van der Waals surface area contributed by atoms with Gasteiger partial charge in [-0.25, -0.2) is 9.78 Å². The monoisotopic (exact) mass is 358 g/mol. The van der Waals surface area contributed by atoms with Crippen molar-refractivity contribution in [2.75, 3.05) is 11.9 Å². The summed E-state index contributed by atoms with van der Waals surface area (Å²) >= 11 is 1.32. The average molecular weight is 358 g/mol. The van der Waals surface area contributed by atoms with Crippen LogP contribution >= 0.6 is 11.3 Å². The highest BCUT2D eigenvalue weighted by Crippen LogP contribution is 2.16. The number of nitrogens with one attached hydrogen (secondary N) is 2. The van der Waals surface area contributed by atoms with Gasteiger partial charge in [-0.1, -0.05) is 30.3 Å². The molecule has 1 fully saturated rings. The second kappa shape index (κ2) is 7.43. The lowest BCUT2D eigenvalue weighted by atomic mass is 10.1. The number of rotatable bonds is 6. The molecule has 0 radical (unpaired) electrons. The van der Waals surface area contributed by atoms with E-state index < -0.39 is 12.1 Å². The van der Waals surface area contributed by atoms with Crippen LogP contribution in [0.1, 0.15) is 17.7 Å². The number of carbonyl (C=O) groups excluding carboxylic acids is 3. The molecule has 0 bridgehead atoms. The van der Waals surface area contributed by atoms with Crippen molar-refractivity contribution >= 4 is 34.3 Å². The van der Waals surface area contributed by atoms with E-state index in [1.165, 1.54) is 16.2 Å². The lowest BCUT2D eigenvalue weighted by Crippen LogP contribution is -2.34. The molecule has 8 heteroatoms. The van der Waals surface area contributed by atoms with Crippen molar-refractivity contribution < 1.29 is 14.4 Å². The van der Waals surface area contributed by atoms with Crippen LogP contribution in [0, 0.1) is 6.92 Å². The van der Waals surface area contributed by atoms with E-state index in [-0.39, 0.29) is 18.2 Å². The van der Waals surface area contributed by atoms with Crippen LogP contribution in [0.5, 0.6) is 0 Å². The number of carbonyl (C=O) groups is 3. The molecule has 2 N–H and O–H groups in total. The Kier molecular flexibility index (Phi) is 5.08. The third kappa shape index (κ3) is 4.21. The van der Waals surface area contributed by atoms with Crippen LogP contribution in [0.2, 0.25) is 0 Å². The number of hydrogen-bond donors (Lipinski definition) is 2. The van der Waals surface area contributed by atoms with Crippen molar-refractivity contribution in [1.82, 2.24) is 15.2 Å². The first kappa shape index (κ1) is 17.1. The molecular weight excluding hydrogens is 340 g/mol. The predicted molar refractivity (Wildman–Crippen MR) is 94.3 cm³/mol. The quantitative estimate of drug-likeness (QED) is 0.772. The van der Waals surface area contributed by atoms with Crippen LogP contribution in [-0.4, -0.2) is 40.3 Å². The van der Waals surface area contributed by atoms with Crippen LogP contribution in [0.3, 0.4) is 0 Å². The van der Waals surface area contributed by atoms with Crippen molar-refractivity contribution in [3.63, 3.8) is 0 Å². The van der Waals surface area contributed by atoms with Crippen LogP contribution in [0.15, 0.2) is 35.7 Å². The van der Waals surface area contributed by atoms with Crippen LogP contribution in [0.4, 0.5) is 9.93 Å². The molecule has 1 aromatic carbocycles. The van der Waals surface area contributed by atoms with Gasteiger partial charge >= 0.3 is 6.03 Å². The minimum atomic E-state index is -0.829. The Bertz CT molecular complexity index is 790. The van der Waals surface area contributed by atoms with Gasteiger partial charge in [-0.2, -0.15) is 0 Å². The lowest BCUT2D eigenvalue weighted by molar-refractivity contribution is -0.129. The fourth-order valence-corrected chi connectivity index (χ4v) is 3.28. The molecular formula is C17H18N4O3S. The molecule has 4 amide bonds. The maximum Gasteiger partial charge on any atom is 0.324 e.